The van der Waals surface area contributed by atoms with Crippen LogP contribution in [-0.4, -0.2) is 0 Å². The molecule has 2 N–H and O–H groups in total. The van der Waals surface area contributed by atoms with Crippen molar-refractivity contribution < 1.29 is 13.2 Å². The van der Waals surface area contributed by atoms with Gasteiger partial charge in [0.25, 0.3) is 0 Å². The number of alkyl halides is 3. The van der Waals surface area contributed by atoms with Crippen LogP contribution in [0.5, 0.6) is 0 Å². The smallest absolute Gasteiger partial charge is 0.326 e. The number of hydrogen-bond acceptors (Lipinski definition) is 2. The van der Waals surface area contributed by atoms with E-state index >= 15 is 0 Å². The van der Waals surface area contributed by atoms with Crippen LogP contribution >= 0.6 is 23.4 Å². The fourth-order valence-electron chi connectivity index (χ4n) is 1.70. The molecule has 0 unspecified atom stereocenters. The first-order valence-corrected chi connectivity index (χ1v) is 6.93. The molecule has 6 heteroatoms. The molecule has 0 atom stereocenters. The molecule has 0 bridgehead atoms. The SMILES string of the molecule is NCc1ccc(Sc2ccc(Cl)cc2)cc1C(F)(F)F. The molecule has 2 aromatic carbocycles. The molecule has 2 rings (SSSR count). The molecule has 2 aromatic rings. The van der Waals surface area contributed by atoms with Crippen molar-refractivity contribution in [2.75, 3.05) is 0 Å². The lowest BCUT2D eigenvalue weighted by molar-refractivity contribution is -0.138. The zero-order chi connectivity index (χ0) is 14.8. The van der Waals surface area contributed by atoms with Crippen molar-refractivity contribution in [3.8, 4) is 0 Å². The standard InChI is InChI=1S/C14H11ClF3NS/c15-10-2-5-11(6-3-10)20-12-4-1-9(8-19)13(7-12)14(16,17)18/h1-7H,8,19H2. The van der Waals surface area contributed by atoms with E-state index in [4.69, 9.17) is 17.3 Å². The van der Waals surface area contributed by atoms with Gasteiger partial charge in [0, 0.05) is 21.4 Å². The first kappa shape index (κ1) is 15.2. The summed E-state index contributed by atoms with van der Waals surface area (Å²) >= 11 is 7.01. The lowest BCUT2D eigenvalue weighted by Gasteiger charge is -2.13. The molecule has 106 valence electrons. The first-order valence-electron chi connectivity index (χ1n) is 5.74. The highest BCUT2D eigenvalue weighted by molar-refractivity contribution is 7.99. The van der Waals surface area contributed by atoms with Gasteiger partial charge in [-0.15, -0.1) is 0 Å². The molecule has 0 heterocycles. The molecule has 0 aromatic heterocycles. The highest BCUT2D eigenvalue weighted by Crippen LogP contribution is 2.36. The third kappa shape index (κ3) is 3.69. The molecular formula is C14H11ClF3NS. The van der Waals surface area contributed by atoms with Gasteiger partial charge < -0.3 is 5.73 Å². The van der Waals surface area contributed by atoms with Crippen LogP contribution in [-0.2, 0) is 12.7 Å². The van der Waals surface area contributed by atoms with E-state index in [0.29, 0.717) is 9.92 Å². The minimum atomic E-state index is -4.40. The predicted octanol–water partition coefficient (Wildman–Crippen LogP) is 4.97. The van der Waals surface area contributed by atoms with Crippen LogP contribution in [0, 0.1) is 0 Å². The summed E-state index contributed by atoms with van der Waals surface area (Å²) in [5.74, 6) is 0. The Morgan fingerprint density at radius 1 is 1.00 bits per heavy atom. The first-order chi connectivity index (χ1) is 9.40. The summed E-state index contributed by atoms with van der Waals surface area (Å²) < 4.78 is 38.8. The summed E-state index contributed by atoms with van der Waals surface area (Å²) in [6, 6.07) is 11.1. The van der Waals surface area contributed by atoms with E-state index in [2.05, 4.69) is 0 Å². The zero-order valence-corrected chi connectivity index (χ0v) is 11.8. The van der Waals surface area contributed by atoms with E-state index in [1.165, 1.54) is 17.8 Å². The van der Waals surface area contributed by atoms with Crippen molar-refractivity contribution in [3.63, 3.8) is 0 Å². The Hall–Kier alpha value is -1.17. The topological polar surface area (TPSA) is 26.0 Å². The minimum Gasteiger partial charge on any atom is -0.326 e. The molecule has 1 nitrogen and oxygen atoms in total. The van der Waals surface area contributed by atoms with Crippen molar-refractivity contribution in [2.24, 2.45) is 5.73 Å². The normalized spacial score (nSPS) is 11.7. The maximum Gasteiger partial charge on any atom is 0.416 e. The fourth-order valence-corrected chi connectivity index (χ4v) is 2.68. The van der Waals surface area contributed by atoms with Gasteiger partial charge in [0.05, 0.1) is 5.56 Å². The second-order valence-electron chi connectivity index (χ2n) is 4.08. The van der Waals surface area contributed by atoms with Crippen LogP contribution in [0.1, 0.15) is 11.1 Å². The zero-order valence-electron chi connectivity index (χ0n) is 10.2. The van der Waals surface area contributed by atoms with Crippen molar-refractivity contribution in [1.29, 1.82) is 0 Å². The lowest BCUT2D eigenvalue weighted by Crippen LogP contribution is -2.11. The van der Waals surface area contributed by atoms with E-state index in [9.17, 15) is 13.2 Å². The number of hydrogen-bond donors (Lipinski definition) is 1. The predicted molar refractivity (Wildman–Crippen MR) is 74.9 cm³/mol. The molecule has 0 spiro atoms. The van der Waals surface area contributed by atoms with Gasteiger partial charge in [-0.05, 0) is 42.0 Å². The highest BCUT2D eigenvalue weighted by Gasteiger charge is 2.33. The van der Waals surface area contributed by atoms with E-state index in [-0.39, 0.29) is 12.1 Å². The number of benzene rings is 2. The van der Waals surface area contributed by atoms with E-state index in [1.54, 1.807) is 30.3 Å². The van der Waals surface area contributed by atoms with Gasteiger partial charge in [0.15, 0.2) is 0 Å². The Labute approximate surface area is 123 Å². The third-order valence-electron chi connectivity index (χ3n) is 2.66. The summed E-state index contributed by atoms with van der Waals surface area (Å²) in [7, 11) is 0. The van der Waals surface area contributed by atoms with Crippen LogP contribution < -0.4 is 5.73 Å². The molecule has 0 aliphatic carbocycles. The largest absolute Gasteiger partial charge is 0.416 e. The summed E-state index contributed by atoms with van der Waals surface area (Å²) in [4.78, 5) is 1.33. The van der Waals surface area contributed by atoms with Crippen LogP contribution in [0.25, 0.3) is 0 Å². The monoisotopic (exact) mass is 317 g/mol. The summed E-state index contributed by atoms with van der Waals surface area (Å²) in [5.41, 5.74) is 4.76. The molecular weight excluding hydrogens is 307 g/mol. The van der Waals surface area contributed by atoms with Crippen molar-refractivity contribution >= 4 is 23.4 Å². The van der Waals surface area contributed by atoms with E-state index < -0.39 is 11.7 Å². The minimum absolute atomic E-state index is 0.0953. The van der Waals surface area contributed by atoms with Crippen LogP contribution in [0.4, 0.5) is 13.2 Å². The molecule has 0 saturated carbocycles. The van der Waals surface area contributed by atoms with E-state index in [1.807, 2.05) is 0 Å². The van der Waals surface area contributed by atoms with Crippen molar-refractivity contribution in [1.82, 2.24) is 0 Å². The Morgan fingerprint density at radius 2 is 1.60 bits per heavy atom. The Kier molecular flexibility index (Phi) is 4.62. The lowest BCUT2D eigenvalue weighted by atomic mass is 10.1. The molecule has 0 radical (unpaired) electrons. The number of nitrogens with two attached hydrogens (primary N) is 1. The molecule has 0 amide bonds. The Morgan fingerprint density at radius 3 is 2.15 bits per heavy atom. The second kappa shape index (κ2) is 6.08. The molecule has 0 saturated heterocycles. The average molecular weight is 318 g/mol. The molecule has 0 aliphatic heterocycles. The van der Waals surface area contributed by atoms with Gasteiger partial charge in [-0.25, -0.2) is 0 Å². The third-order valence-corrected chi connectivity index (χ3v) is 3.91. The van der Waals surface area contributed by atoms with Gasteiger partial charge in [-0.3, -0.25) is 0 Å². The maximum atomic E-state index is 12.9. The quantitative estimate of drug-likeness (QED) is 0.865. The van der Waals surface area contributed by atoms with Gasteiger partial charge in [0.2, 0.25) is 0 Å². The van der Waals surface area contributed by atoms with Gasteiger partial charge in [0.1, 0.15) is 0 Å². The van der Waals surface area contributed by atoms with Crippen LogP contribution in [0.2, 0.25) is 5.02 Å². The summed E-state index contributed by atoms with van der Waals surface area (Å²) in [6.07, 6.45) is -4.40. The Bertz CT molecular complexity index is 596. The average Bonchev–Trinajstić information content (AvgIpc) is 2.40. The summed E-state index contributed by atoms with van der Waals surface area (Å²) in [5, 5.41) is 0.587. The van der Waals surface area contributed by atoms with Crippen molar-refractivity contribution in [2.45, 2.75) is 22.5 Å². The highest BCUT2D eigenvalue weighted by atomic mass is 35.5. The van der Waals surface area contributed by atoms with Crippen LogP contribution in [0.3, 0.4) is 0 Å². The molecule has 0 fully saturated rings. The molecule has 0 aliphatic rings. The van der Waals surface area contributed by atoms with E-state index in [0.717, 1.165) is 11.0 Å². The van der Waals surface area contributed by atoms with Crippen LogP contribution in [0.15, 0.2) is 52.3 Å². The second-order valence-corrected chi connectivity index (χ2v) is 5.66. The number of halogens is 4. The van der Waals surface area contributed by atoms with Gasteiger partial charge in [-0.2, -0.15) is 13.2 Å². The number of rotatable bonds is 3. The maximum absolute atomic E-state index is 12.9. The van der Waals surface area contributed by atoms with Crippen molar-refractivity contribution in [3.05, 3.63) is 58.6 Å². The Balaban J connectivity index is 2.31. The van der Waals surface area contributed by atoms with Gasteiger partial charge >= 0.3 is 6.18 Å². The van der Waals surface area contributed by atoms with Gasteiger partial charge in [-0.1, -0.05) is 29.4 Å². The summed E-state index contributed by atoms with van der Waals surface area (Å²) in [6.45, 7) is -0.138. The molecule has 20 heavy (non-hydrogen) atoms. The fraction of sp³-hybridized carbons (Fsp3) is 0.143.